The minimum absolute atomic E-state index is 0.137. The molecule has 1 amide bonds. The second-order valence-electron chi connectivity index (χ2n) is 8.91. The van der Waals surface area contributed by atoms with E-state index >= 15 is 0 Å². The molecule has 1 unspecified atom stereocenters. The monoisotopic (exact) mass is 546 g/mol. The average Bonchev–Trinajstić information content (AvgIpc) is 3.61. The second kappa shape index (κ2) is 10.3. The van der Waals surface area contributed by atoms with E-state index in [0.717, 1.165) is 21.1 Å². The van der Waals surface area contributed by atoms with E-state index in [1.54, 1.807) is 31.3 Å². The minimum Gasteiger partial charge on any atom is -0.497 e. The Bertz CT molecular complexity index is 1340. The Balaban J connectivity index is 1.28. The Morgan fingerprint density at radius 3 is 2.24 bits per heavy atom. The number of rotatable bonds is 7. The van der Waals surface area contributed by atoms with Crippen LogP contribution in [-0.2, 0) is 14.8 Å². The van der Waals surface area contributed by atoms with Crippen LogP contribution in [0.3, 0.4) is 0 Å². The molecule has 0 bridgehead atoms. The zero-order chi connectivity index (χ0) is 26.2. The van der Waals surface area contributed by atoms with Crippen molar-refractivity contribution in [3.63, 3.8) is 0 Å². The first-order valence-corrected chi connectivity index (χ1v) is 14.3. The van der Waals surface area contributed by atoms with Crippen molar-refractivity contribution in [3.05, 3.63) is 36.4 Å². The number of ether oxygens (including phenoxy) is 3. The van der Waals surface area contributed by atoms with Crippen LogP contribution < -0.4 is 19.1 Å². The van der Waals surface area contributed by atoms with Gasteiger partial charge in [0.05, 0.1) is 26.2 Å². The van der Waals surface area contributed by atoms with Crippen molar-refractivity contribution in [1.29, 1.82) is 0 Å². The number of methoxy groups -OCH3 is 3. The molecule has 37 heavy (non-hydrogen) atoms. The molecular weight excluding hydrogens is 516 g/mol. The zero-order valence-corrected chi connectivity index (χ0v) is 22.7. The molecule has 0 spiro atoms. The molecule has 12 heteroatoms. The molecule has 3 heterocycles. The van der Waals surface area contributed by atoms with Crippen LogP contribution in [-0.4, -0.2) is 88.6 Å². The smallest absolute Gasteiger partial charge is 0.243 e. The van der Waals surface area contributed by atoms with Crippen molar-refractivity contribution in [2.45, 2.75) is 23.8 Å². The third kappa shape index (κ3) is 4.69. The lowest BCUT2D eigenvalue weighted by Crippen LogP contribution is -2.54. The number of thiazole rings is 1. The fourth-order valence-corrected chi connectivity index (χ4v) is 7.67. The van der Waals surface area contributed by atoms with E-state index < -0.39 is 16.1 Å². The predicted molar refractivity (Wildman–Crippen MR) is 141 cm³/mol. The molecule has 0 saturated carbocycles. The van der Waals surface area contributed by atoms with Gasteiger partial charge in [-0.05, 0) is 49.2 Å². The van der Waals surface area contributed by atoms with Gasteiger partial charge in [0.2, 0.25) is 15.9 Å². The largest absolute Gasteiger partial charge is 0.497 e. The van der Waals surface area contributed by atoms with Crippen molar-refractivity contribution >= 4 is 42.6 Å². The molecule has 5 rings (SSSR count). The molecule has 10 nitrogen and oxygen atoms in total. The van der Waals surface area contributed by atoms with Gasteiger partial charge in [0, 0.05) is 32.7 Å². The molecule has 2 aromatic carbocycles. The van der Waals surface area contributed by atoms with Gasteiger partial charge in [-0.25, -0.2) is 13.4 Å². The average molecular weight is 547 g/mol. The number of carbonyl (C=O) groups is 1. The lowest BCUT2D eigenvalue weighted by molar-refractivity contribution is -0.134. The highest BCUT2D eigenvalue weighted by atomic mass is 32.2. The summed E-state index contributed by atoms with van der Waals surface area (Å²) in [7, 11) is 0.988. The molecule has 2 saturated heterocycles. The quantitative estimate of drug-likeness (QED) is 0.446. The van der Waals surface area contributed by atoms with Gasteiger partial charge in [0.25, 0.3) is 0 Å². The number of sulfonamides is 1. The summed E-state index contributed by atoms with van der Waals surface area (Å²) in [6.45, 7) is 2.54. The lowest BCUT2D eigenvalue weighted by Gasteiger charge is -2.37. The number of nitrogens with zero attached hydrogens (tertiary/aromatic N) is 4. The first-order valence-electron chi connectivity index (χ1n) is 12.1. The fourth-order valence-electron chi connectivity index (χ4n) is 4.90. The summed E-state index contributed by atoms with van der Waals surface area (Å²) < 4.78 is 45.1. The minimum atomic E-state index is -3.79. The first-order chi connectivity index (χ1) is 17.9. The molecule has 2 aliphatic heterocycles. The van der Waals surface area contributed by atoms with Gasteiger partial charge in [-0.1, -0.05) is 11.3 Å². The second-order valence-corrected chi connectivity index (χ2v) is 11.8. The number of fused-ring (bicyclic) bond motifs is 1. The third-order valence-electron chi connectivity index (χ3n) is 6.92. The summed E-state index contributed by atoms with van der Waals surface area (Å²) >= 11 is 1.53. The third-order valence-corrected chi connectivity index (χ3v) is 9.97. The number of anilines is 1. The summed E-state index contributed by atoms with van der Waals surface area (Å²) in [5, 5.41) is 0.842. The maximum Gasteiger partial charge on any atom is 0.243 e. The molecule has 198 valence electrons. The van der Waals surface area contributed by atoms with Crippen molar-refractivity contribution in [2.24, 2.45) is 0 Å². The van der Waals surface area contributed by atoms with E-state index in [4.69, 9.17) is 19.2 Å². The van der Waals surface area contributed by atoms with E-state index in [9.17, 15) is 13.2 Å². The van der Waals surface area contributed by atoms with Gasteiger partial charge in [0.1, 0.15) is 33.5 Å². The number of hydrogen-bond donors (Lipinski definition) is 0. The SMILES string of the molecule is COc1ccc(S(=O)(=O)N2CCCC2C(=O)N2CCN(c3nc4c(OC)ccc(OC)c4s3)CC2)cc1. The van der Waals surface area contributed by atoms with Crippen LogP contribution in [0, 0.1) is 0 Å². The molecule has 1 aromatic heterocycles. The van der Waals surface area contributed by atoms with Crippen molar-refractivity contribution < 1.29 is 27.4 Å². The van der Waals surface area contributed by atoms with E-state index in [0.29, 0.717) is 57.1 Å². The summed E-state index contributed by atoms with van der Waals surface area (Å²) in [5.41, 5.74) is 0.755. The number of hydrogen-bond acceptors (Lipinski definition) is 9. The van der Waals surface area contributed by atoms with Crippen molar-refractivity contribution in [2.75, 3.05) is 59.0 Å². The van der Waals surface area contributed by atoms with E-state index in [-0.39, 0.29) is 10.8 Å². The van der Waals surface area contributed by atoms with E-state index in [1.807, 2.05) is 12.1 Å². The van der Waals surface area contributed by atoms with Crippen LogP contribution >= 0.6 is 11.3 Å². The number of amides is 1. The van der Waals surface area contributed by atoms with Crippen LogP contribution in [0.1, 0.15) is 12.8 Å². The number of benzene rings is 2. The molecule has 2 fully saturated rings. The highest BCUT2D eigenvalue weighted by molar-refractivity contribution is 7.89. The molecule has 3 aromatic rings. The summed E-state index contributed by atoms with van der Waals surface area (Å²) in [5.74, 6) is 1.87. The lowest BCUT2D eigenvalue weighted by atomic mass is 10.2. The zero-order valence-electron chi connectivity index (χ0n) is 21.0. The maximum absolute atomic E-state index is 13.5. The molecular formula is C25H30N4O6S2. The van der Waals surface area contributed by atoms with Crippen LogP contribution in [0.5, 0.6) is 17.2 Å². The Labute approximate surface area is 220 Å². The van der Waals surface area contributed by atoms with Gasteiger partial charge in [-0.3, -0.25) is 4.79 Å². The van der Waals surface area contributed by atoms with Gasteiger partial charge in [0.15, 0.2) is 5.13 Å². The Hall–Kier alpha value is -3.09. The van der Waals surface area contributed by atoms with E-state index in [2.05, 4.69) is 4.90 Å². The molecule has 0 N–H and O–H groups in total. The topological polar surface area (TPSA) is 102 Å². The number of piperazine rings is 1. The van der Waals surface area contributed by atoms with Crippen LogP contribution in [0.25, 0.3) is 10.2 Å². The Morgan fingerprint density at radius 2 is 1.59 bits per heavy atom. The highest BCUT2D eigenvalue weighted by Crippen LogP contribution is 2.40. The van der Waals surface area contributed by atoms with Gasteiger partial charge < -0.3 is 24.0 Å². The summed E-state index contributed by atoms with van der Waals surface area (Å²) in [4.78, 5) is 22.4. The van der Waals surface area contributed by atoms with Gasteiger partial charge in [-0.2, -0.15) is 4.31 Å². The van der Waals surface area contributed by atoms with Crippen LogP contribution in [0.15, 0.2) is 41.3 Å². The molecule has 0 aliphatic carbocycles. The van der Waals surface area contributed by atoms with Crippen LogP contribution in [0.4, 0.5) is 5.13 Å². The van der Waals surface area contributed by atoms with Crippen molar-refractivity contribution in [3.8, 4) is 17.2 Å². The van der Waals surface area contributed by atoms with Gasteiger partial charge >= 0.3 is 0 Å². The predicted octanol–water partition coefficient (Wildman–Crippen LogP) is 2.82. The normalized spacial score (nSPS) is 18.8. The standard InChI is InChI=1S/C25H30N4O6S2/c1-33-17-6-8-18(9-7-17)37(31,32)29-12-4-5-19(29)24(30)27-13-15-28(16-14-27)25-26-22-20(34-2)10-11-21(35-3)23(22)36-25/h6-11,19H,4-5,12-16H2,1-3H3. The number of aromatic nitrogens is 1. The first kappa shape index (κ1) is 25.6. The molecule has 1 atom stereocenters. The Morgan fingerprint density at radius 1 is 0.919 bits per heavy atom. The van der Waals surface area contributed by atoms with Crippen LogP contribution in [0.2, 0.25) is 0 Å². The van der Waals surface area contributed by atoms with Crippen molar-refractivity contribution in [1.82, 2.24) is 14.2 Å². The summed E-state index contributed by atoms with van der Waals surface area (Å²) in [6, 6.07) is 9.30. The van der Waals surface area contributed by atoms with Gasteiger partial charge in [-0.15, -0.1) is 0 Å². The Kier molecular flexibility index (Phi) is 7.15. The fraction of sp³-hybridized carbons (Fsp3) is 0.440. The molecule has 2 aliphatic rings. The molecule has 0 radical (unpaired) electrons. The number of carbonyl (C=O) groups excluding carboxylic acids is 1. The highest BCUT2D eigenvalue weighted by Gasteiger charge is 2.41. The van der Waals surface area contributed by atoms with E-state index in [1.165, 1.54) is 34.9 Å². The summed E-state index contributed by atoms with van der Waals surface area (Å²) in [6.07, 6.45) is 1.17. The maximum atomic E-state index is 13.5.